The fraction of sp³-hybridized carbons (Fsp3) is 0.526. The zero-order valence-corrected chi connectivity index (χ0v) is 15.1. The molecule has 26 heavy (non-hydrogen) atoms. The van der Waals surface area contributed by atoms with Crippen molar-refractivity contribution < 1.29 is 19.1 Å². The Bertz CT molecular complexity index is 656. The van der Waals surface area contributed by atoms with E-state index < -0.39 is 6.04 Å². The van der Waals surface area contributed by atoms with Crippen LogP contribution in [0.3, 0.4) is 0 Å². The maximum Gasteiger partial charge on any atom is 0.409 e. The molecule has 0 N–H and O–H groups in total. The van der Waals surface area contributed by atoms with E-state index in [1.54, 1.807) is 21.6 Å². The molecule has 0 spiro atoms. The quantitative estimate of drug-likeness (QED) is 0.816. The summed E-state index contributed by atoms with van der Waals surface area (Å²) in [7, 11) is 0. The Kier molecular flexibility index (Phi) is 5.75. The van der Waals surface area contributed by atoms with Crippen molar-refractivity contribution in [2.45, 2.75) is 32.4 Å². The van der Waals surface area contributed by atoms with Gasteiger partial charge in [-0.1, -0.05) is 30.3 Å². The molecule has 3 amide bonds. The van der Waals surface area contributed by atoms with E-state index in [0.29, 0.717) is 52.2 Å². The van der Waals surface area contributed by atoms with E-state index in [1.165, 1.54) is 0 Å². The molecule has 1 atom stereocenters. The van der Waals surface area contributed by atoms with Gasteiger partial charge in [0.15, 0.2) is 0 Å². The molecule has 1 unspecified atom stereocenters. The van der Waals surface area contributed by atoms with E-state index in [2.05, 4.69) is 0 Å². The summed E-state index contributed by atoms with van der Waals surface area (Å²) >= 11 is 0. The van der Waals surface area contributed by atoms with Gasteiger partial charge in [-0.2, -0.15) is 0 Å². The van der Waals surface area contributed by atoms with Crippen molar-refractivity contribution in [1.82, 2.24) is 14.7 Å². The molecule has 0 aliphatic carbocycles. The van der Waals surface area contributed by atoms with Crippen LogP contribution in [-0.2, 0) is 20.9 Å². The minimum absolute atomic E-state index is 0.0183. The van der Waals surface area contributed by atoms with Crippen LogP contribution in [0, 0.1) is 0 Å². The fourth-order valence-electron chi connectivity index (χ4n) is 3.50. The number of amides is 3. The lowest BCUT2D eigenvalue weighted by Gasteiger charge is -2.36. The molecular formula is C19H25N3O4. The van der Waals surface area contributed by atoms with Crippen LogP contribution in [0.4, 0.5) is 4.79 Å². The standard InChI is InChI=1S/C19H25N3O4/c1-2-26-19(25)21-12-10-20(11-13-21)18(24)16-8-9-17(23)22(16)14-15-6-4-3-5-7-15/h3-7,16H,2,8-14H2,1H3. The Hall–Kier alpha value is -2.57. The number of nitrogens with zero attached hydrogens (tertiary/aromatic N) is 3. The molecule has 7 nitrogen and oxygen atoms in total. The largest absolute Gasteiger partial charge is 0.450 e. The van der Waals surface area contributed by atoms with Gasteiger partial charge in [-0.3, -0.25) is 9.59 Å². The predicted molar refractivity (Wildman–Crippen MR) is 95.2 cm³/mol. The number of carbonyl (C=O) groups excluding carboxylic acids is 3. The molecule has 140 valence electrons. The number of hydrogen-bond acceptors (Lipinski definition) is 4. The summed E-state index contributed by atoms with van der Waals surface area (Å²) in [4.78, 5) is 42.1. The Balaban J connectivity index is 1.60. The first-order chi connectivity index (χ1) is 12.6. The molecule has 0 aromatic heterocycles. The highest BCUT2D eigenvalue weighted by atomic mass is 16.6. The van der Waals surface area contributed by atoms with E-state index in [1.807, 2.05) is 30.3 Å². The van der Waals surface area contributed by atoms with Gasteiger partial charge in [0.1, 0.15) is 6.04 Å². The van der Waals surface area contributed by atoms with Gasteiger partial charge >= 0.3 is 6.09 Å². The molecular weight excluding hydrogens is 334 g/mol. The van der Waals surface area contributed by atoms with Crippen molar-refractivity contribution in [1.29, 1.82) is 0 Å². The van der Waals surface area contributed by atoms with Crippen molar-refractivity contribution in [2.24, 2.45) is 0 Å². The van der Waals surface area contributed by atoms with Crippen LogP contribution in [0.15, 0.2) is 30.3 Å². The van der Waals surface area contributed by atoms with Gasteiger partial charge in [0.25, 0.3) is 0 Å². The zero-order chi connectivity index (χ0) is 18.5. The van der Waals surface area contributed by atoms with Gasteiger partial charge in [-0.05, 0) is 18.9 Å². The minimum Gasteiger partial charge on any atom is -0.450 e. The molecule has 1 aromatic rings. The van der Waals surface area contributed by atoms with Crippen LogP contribution in [0.25, 0.3) is 0 Å². The first-order valence-electron chi connectivity index (χ1n) is 9.14. The number of carbonyl (C=O) groups is 3. The van der Waals surface area contributed by atoms with Gasteiger partial charge in [0, 0.05) is 39.1 Å². The maximum absolute atomic E-state index is 12.9. The normalized spacial score (nSPS) is 20.4. The van der Waals surface area contributed by atoms with Crippen molar-refractivity contribution >= 4 is 17.9 Å². The van der Waals surface area contributed by atoms with Crippen LogP contribution in [0.5, 0.6) is 0 Å². The molecule has 2 fully saturated rings. The van der Waals surface area contributed by atoms with Crippen LogP contribution >= 0.6 is 0 Å². The number of hydrogen-bond donors (Lipinski definition) is 0. The van der Waals surface area contributed by atoms with Crippen molar-refractivity contribution in [3.63, 3.8) is 0 Å². The molecule has 2 saturated heterocycles. The molecule has 0 saturated carbocycles. The van der Waals surface area contributed by atoms with E-state index in [4.69, 9.17) is 4.74 Å². The van der Waals surface area contributed by atoms with Crippen LogP contribution < -0.4 is 0 Å². The van der Waals surface area contributed by atoms with Gasteiger partial charge < -0.3 is 19.4 Å². The second kappa shape index (κ2) is 8.21. The third-order valence-corrected chi connectivity index (χ3v) is 4.93. The highest BCUT2D eigenvalue weighted by Crippen LogP contribution is 2.23. The second-order valence-electron chi connectivity index (χ2n) is 6.57. The highest BCUT2D eigenvalue weighted by Gasteiger charge is 2.39. The Labute approximate surface area is 153 Å². The maximum atomic E-state index is 12.9. The molecule has 7 heteroatoms. The lowest BCUT2D eigenvalue weighted by Crippen LogP contribution is -2.55. The molecule has 1 aromatic carbocycles. The van der Waals surface area contributed by atoms with Gasteiger partial charge in [0.2, 0.25) is 11.8 Å². The van der Waals surface area contributed by atoms with E-state index in [0.717, 1.165) is 5.56 Å². The fourth-order valence-corrected chi connectivity index (χ4v) is 3.50. The third kappa shape index (κ3) is 3.98. The number of ether oxygens (including phenoxy) is 1. The highest BCUT2D eigenvalue weighted by molar-refractivity contribution is 5.91. The summed E-state index contributed by atoms with van der Waals surface area (Å²) in [6, 6.07) is 9.32. The lowest BCUT2D eigenvalue weighted by atomic mass is 10.1. The molecule has 2 aliphatic rings. The van der Waals surface area contributed by atoms with Gasteiger partial charge in [-0.15, -0.1) is 0 Å². The topological polar surface area (TPSA) is 70.2 Å². The summed E-state index contributed by atoms with van der Waals surface area (Å²) in [6.45, 7) is 4.45. The second-order valence-corrected chi connectivity index (χ2v) is 6.57. The average molecular weight is 359 g/mol. The smallest absolute Gasteiger partial charge is 0.409 e. The average Bonchev–Trinajstić information content (AvgIpc) is 3.03. The summed E-state index contributed by atoms with van der Waals surface area (Å²) in [5.41, 5.74) is 1.02. The van der Waals surface area contributed by atoms with Crippen LogP contribution in [0.2, 0.25) is 0 Å². The van der Waals surface area contributed by atoms with Crippen molar-refractivity contribution in [3.8, 4) is 0 Å². The van der Waals surface area contributed by atoms with Crippen molar-refractivity contribution in [3.05, 3.63) is 35.9 Å². The first-order valence-corrected chi connectivity index (χ1v) is 9.14. The number of rotatable bonds is 4. The minimum atomic E-state index is -0.406. The monoisotopic (exact) mass is 359 g/mol. The van der Waals surface area contributed by atoms with Gasteiger partial charge in [0.05, 0.1) is 6.61 Å². The molecule has 2 heterocycles. The summed E-state index contributed by atoms with van der Waals surface area (Å²) < 4.78 is 5.01. The van der Waals surface area contributed by atoms with E-state index in [9.17, 15) is 14.4 Å². The van der Waals surface area contributed by atoms with E-state index in [-0.39, 0.29) is 17.9 Å². The summed E-state index contributed by atoms with van der Waals surface area (Å²) in [5.74, 6) is 0.00709. The van der Waals surface area contributed by atoms with E-state index >= 15 is 0 Å². The molecule has 0 radical (unpaired) electrons. The SMILES string of the molecule is CCOC(=O)N1CCN(C(=O)C2CCC(=O)N2Cc2ccccc2)CC1. The number of likely N-dealkylation sites (tertiary alicyclic amines) is 1. The first kappa shape index (κ1) is 18.2. The third-order valence-electron chi connectivity index (χ3n) is 4.93. The summed E-state index contributed by atoms with van der Waals surface area (Å²) in [5, 5.41) is 0. The summed E-state index contributed by atoms with van der Waals surface area (Å²) in [6.07, 6.45) is 0.635. The predicted octanol–water partition coefficient (Wildman–Crippen LogP) is 1.48. The van der Waals surface area contributed by atoms with Crippen LogP contribution in [0.1, 0.15) is 25.3 Å². The lowest BCUT2D eigenvalue weighted by molar-refractivity contribution is -0.142. The number of benzene rings is 1. The van der Waals surface area contributed by atoms with Crippen molar-refractivity contribution in [2.75, 3.05) is 32.8 Å². The van der Waals surface area contributed by atoms with Gasteiger partial charge in [-0.25, -0.2) is 4.79 Å². The number of piperazine rings is 1. The Morgan fingerprint density at radius 3 is 2.38 bits per heavy atom. The Morgan fingerprint density at radius 2 is 1.73 bits per heavy atom. The van der Waals surface area contributed by atoms with Crippen LogP contribution in [-0.4, -0.2) is 71.4 Å². The molecule has 2 aliphatic heterocycles. The molecule has 3 rings (SSSR count). The molecule has 0 bridgehead atoms. The zero-order valence-electron chi connectivity index (χ0n) is 15.1. The Morgan fingerprint density at radius 1 is 1.08 bits per heavy atom.